The van der Waals surface area contributed by atoms with Crippen LogP contribution in [0.3, 0.4) is 0 Å². The van der Waals surface area contributed by atoms with Crippen molar-refractivity contribution in [2.45, 2.75) is 0 Å². The van der Waals surface area contributed by atoms with Crippen molar-refractivity contribution >= 4 is 43.7 Å². The molecule has 3 aromatic carbocycles. The number of hydrogen-bond donors (Lipinski definition) is 0. The Morgan fingerprint density at radius 2 is 0.906 bits per heavy atom. The molecule has 8 heteroatoms. The predicted molar refractivity (Wildman–Crippen MR) is 112 cm³/mol. The molecule has 0 fully saturated rings. The van der Waals surface area contributed by atoms with Gasteiger partial charge in [-0.15, -0.1) is 0 Å². The van der Waals surface area contributed by atoms with Crippen LogP contribution in [0, 0.1) is 68.0 Å². The van der Waals surface area contributed by atoms with Gasteiger partial charge in [0.1, 0.15) is 47.6 Å². The molecule has 1 aromatic heterocycles. The minimum Gasteiger partial charge on any atom is -0.232 e. The van der Waals surface area contributed by atoms with Gasteiger partial charge in [0.15, 0.2) is 11.4 Å². The van der Waals surface area contributed by atoms with Gasteiger partial charge < -0.3 is 0 Å². The zero-order chi connectivity index (χ0) is 22.8. The van der Waals surface area contributed by atoms with E-state index in [9.17, 15) is 31.6 Å². The summed E-state index contributed by atoms with van der Waals surface area (Å²) in [7, 11) is 0. The van der Waals surface area contributed by atoms with Crippen LogP contribution in [-0.2, 0) is 0 Å². The van der Waals surface area contributed by atoms with Crippen LogP contribution in [0.25, 0.3) is 43.7 Å². The topological polar surface area (TPSA) is 169 Å². The average Bonchev–Trinajstić information content (AvgIpc) is 2.84. The van der Waals surface area contributed by atoms with Gasteiger partial charge in [-0.3, -0.25) is 0 Å². The van der Waals surface area contributed by atoms with Crippen LogP contribution in [0.15, 0.2) is 36.4 Å². The average molecular weight is 406 g/mol. The van der Waals surface area contributed by atoms with Crippen molar-refractivity contribution in [3.63, 3.8) is 0 Å². The Morgan fingerprint density at radius 1 is 0.531 bits per heavy atom. The molecule has 1 heterocycles. The first-order chi connectivity index (χ1) is 15.6. The largest absolute Gasteiger partial charge is 0.232 e. The lowest BCUT2D eigenvalue weighted by Crippen LogP contribution is -2.07. The van der Waals surface area contributed by atoms with Crippen molar-refractivity contribution in [2.75, 3.05) is 0 Å². The highest BCUT2D eigenvalue weighted by atomic mass is 14.8. The number of nitrogens with zero attached hydrogens (tertiary/aromatic N) is 8. The first-order valence-corrected chi connectivity index (χ1v) is 8.96. The lowest BCUT2D eigenvalue weighted by molar-refractivity contribution is 1.21. The van der Waals surface area contributed by atoms with Crippen LogP contribution in [0.1, 0.15) is 11.4 Å². The Morgan fingerprint density at radius 3 is 1.22 bits per heavy atom. The van der Waals surface area contributed by atoms with Crippen molar-refractivity contribution in [1.29, 1.82) is 31.6 Å². The fraction of sp³-hybridized carbons (Fsp3) is 0. The van der Waals surface area contributed by atoms with Crippen LogP contribution in [-0.4, -0.2) is 9.97 Å². The summed E-state index contributed by atoms with van der Waals surface area (Å²) in [6.45, 7) is 0. The maximum atomic E-state index is 9.42. The lowest BCUT2D eigenvalue weighted by Gasteiger charge is -2.10. The van der Waals surface area contributed by atoms with Gasteiger partial charge in [-0.1, -0.05) is 24.3 Å². The third-order valence-corrected chi connectivity index (χ3v) is 4.97. The monoisotopic (exact) mass is 406 g/mol. The molecular formula is C24H6N8. The summed E-state index contributed by atoms with van der Waals surface area (Å²) in [6.07, 6.45) is 0. The molecule has 0 unspecified atom stereocenters. The van der Waals surface area contributed by atoms with Crippen LogP contribution in [0.2, 0.25) is 0 Å². The Labute approximate surface area is 180 Å². The van der Waals surface area contributed by atoms with Gasteiger partial charge in [-0.2, -0.15) is 31.6 Å². The Balaban J connectivity index is 2.39. The van der Waals surface area contributed by atoms with Crippen molar-refractivity contribution in [3.8, 4) is 36.4 Å². The van der Waals surface area contributed by atoms with Gasteiger partial charge in [0, 0.05) is 21.2 Å². The normalized spacial score (nSPS) is 9.69. The number of benzene rings is 3. The zero-order valence-electron chi connectivity index (χ0n) is 16.0. The maximum absolute atomic E-state index is 9.42. The second-order valence-corrected chi connectivity index (χ2v) is 6.56. The predicted octanol–water partition coefficient (Wildman–Crippen LogP) is 2.08. The minimum absolute atomic E-state index is 0.0834. The summed E-state index contributed by atoms with van der Waals surface area (Å²) in [5, 5.41) is 59.1. The molecule has 0 saturated heterocycles. The molecule has 0 saturated carbocycles. The van der Waals surface area contributed by atoms with E-state index in [1.807, 2.05) is 36.4 Å². The van der Waals surface area contributed by atoms with Crippen LogP contribution in [0.5, 0.6) is 0 Å². The molecule has 0 aliphatic heterocycles. The highest BCUT2D eigenvalue weighted by Crippen LogP contribution is 2.32. The highest BCUT2D eigenvalue weighted by Gasteiger charge is 2.16. The van der Waals surface area contributed by atoms with Crippen LogP contribution >= 0.6 is 0 Å². The van der Waals surface area contributed by atoms with E-state index < -0.39 is 0 Å². The second-order valence-electron chi connectivity index (χ2n) is 6.56. The van der Waals surface area contributed by atoms with Gasteiger partial charge in [0.05, 0.1) is 11.0 Å². The van der Waals surface area contributed by atoms with E-state index in [4.69, 9.17) is 0 Å². The van der Waals surface area contributed by atoms with Gasteiger partial charge in [0.2, 0.25) is 0 Å². The molecule has 8 nitrogen and oxygen atoms in total. The fourth-order valence-electron chi connectivity index (χ4n) is 3.54. The van der Waals surface area contributed by atoms with Crippen molar-refractivity contribution in [1.82, 2.24) is 9.97 Å². The maximum Gasteiger partial charge on any atom is 0.177 e. The first kappa shape index (κ1) is 19.5. The standard InChI is InChI=1S/C24H6N8/c25-7-15(8-26)13-1-3-17-18-4-2-14(16(9-27)10-28)6-20(18)24-23(19(17)5-13)31-21(11-29)22(12-30)32-24/h1-6H. The summed E-state index contributed by atoms with van der Waals surface area (Å²) in [5.74, 6) is 0. The van der Waals surface area contributed by atoms with E-state index in [0.29, 0.717) is 43.0 Å². The van der Waals surface area contributed by atoms with E-state index >= 15 is 0 Å². The van der Waals surface area contributed by atoms with Gasteiger partial charge >= 0.3 is 0 Å². The molecular weight excluding hydrogens is 400 g/mol. The number of fused-ring (bicyclic) bond motifs is 6. The number of rotatable bonds is 0. The number of hydrogen-bond acceptors (Lipinski definition) is 8. The molecule has 0 aliphatic rings. The summed E-state index contributed by atoms with van der Waals surface area (Å²) < 4.78 is 0. The lowest BCUT2D eigenvalue weighted by atomic mass is 9.97. The first-order valence-electron chi connectivity index (χ1n) is 8.96. The molecule has 0 amide bonds. The molecule has 0 aliphatic carbocycles. The quantitative estimate of drug-likeness (QED) is 0.400. The fourth-order valence-corrected chi connectivity index (χ4v) is 3.54. The molecule has 0 atom stereocenters. The second kappa shape index (κ2) is 7.55. The zero-order valence-corrected chi connectivity index (χ0v) is 16.0. The van der Waals surface area contributed by atoms with Gasteiger partial charge in [0.25, 0.3) is 0 Å². The molecule has 4 aromatic rings. The Kier molecular flexibility index (Phi) is 4.61. The highest BCUT2D eigenvalue weighted by molar-refractivity contribution is 6.23. The third kappa shape index (κ3) is 2.80. The third-order valence-electron chi connectivity index (χ3n) is 4.97. The minimum atomic E-state index is -0.159. The molecule has 0 N–H and O–H groups in total. The van der Waals surface area contributed by atoms with E-state index in [0.717, 1.165) is 0 Å². The number of nitriles is 6. The molecule has 4 rings (SSSR count). The van der Waals surface area contributed by atoms with E-state index in [1.54, 1.807) is 36.4 Å². The van der Waals surface area contributed by atoms with Crippen molar-refractivity contribution < 1.29 is 0 Å². The van der Waals surface area contributed by atoms with E-state index in [2.05, 4.69) is 9.97 Å². The summed E-state index contributed by atoms with van der Waals surface area (Å²) in [6, 6.07) is 21.1. The van der Waals surface area contributed by atoms with Gasteiger partial charge in [-0.25, -0.2) is 9.97 Å². The molecule has 142 valence electrons. The molecule has 0 bridgehead atoms. The van der Waals surface area contributed by atoms with Crippen molar-refractivity contribution in [2.24, 2.45) is 0 Å². The molecule has 32 heavy (non-hydrogen) atoms. The summed E-state index contributed by atoms with van der Waals surface area (Å²) >= 11 is 0. The van der Waals surface area contributed by atoms with Crippen molar-refractivity contribution in [3.05, 3.63) is 58.2 Å². The summed E-state index contributed by atoms with van der Waals surface area (Å²) in [5.41, 5.74) is 0.113. The molecule has 0 radical (unpaired) electrons. The van der Waals surface area contributed by atoms with Crippen LogP contribution < -0.4 is 10.4 Å². The number of aromatic nitrogens is 2. The van der Waals surface area contributed by atoms with E-state index in [1.165, 1.54) is 0 Å². The smallest absolute Gasteiger partial charge is 0.177 e. The summed E-state index contributed by atoms with van der Waals surface area (Å²) in [4.78, 5) is 8.70. The Bertz CT molecular complexity index is 1720. The Hall–Kier alpha value is -5.80. The molecule has 0 spiro atoms. The van der Waals surface area contributed by atoms with E-state index in [-0.39, 0.29) is 22.5 Å². The van der Waals surface area contributed by atoms with Crippen LogP contribution in [0.4, 0.5) is 0 Å². The SMILES string of the molecule is N#CC(C#N)=c1ccc2c3ccc(=C(C#N)C#N)cc3c3nc(C#N)c(C#N)nc3c2c1. The van der Waals surface area contributed by atoms with Gasteiger partial charge in [-0.05, 0) is 22.9 Å².